The maximum Gasteiger partial charge on any atom is 0.338 e. The van der Waals surface area contributed by atoms with E-state index in [2.05, 4.69) is 17.0 Å². The smallest absolute Gasteiger partial charge is 0.338 e. The highest BCUT2D eigenvalue weighted by molar-refractivity contribution is 5.89. The van der Waals surface area contributed by atoms with E-state index < -0.39 is 0 Å². The van der Waals surface area contributed by atoms with E-state index in [-0.39, 0.29) is 17.9 Å². The largest absolute Gasteiger partial charge is 0.459 e. The van der Waals surface area contributed by atoms with Crippen LogP contribution in [0.15, 0.2) is 54.6 Å². The molecule has 0 N–H and O–H groups in total. The topological polar surface area (TPSA) is 29.5 Å². The molecule has 0 unspecified atom stereocenters. The Morgan fingerprint density at radius 1 is 1.04 bits per heavy atom. The molecular formula is C19H20FNO2. The molecule has 0 spiro atoms. The van der Waals surface area contributed by atoms with E-state index in [0.29, 0.717) is 5.56 Å². The standard InChI is InChI=1S/C19H20FNO2/c20-17-8-6-16(7-9-17)19(22)23-18-10-12-21(13-11-18)14-15-4-2-1-3-5-15/h1-9,18H,10-14H2. The quantitative estimate of drug-likeness (QED) is 0.807. The van der Waals surface area contributed by atoms with Crippen molar-refractivity contribution in [3.8, 4) is 0 Å². The van der Waals surface area contributed by atoms with Crippen LogP contribution in [0, 0.1) is 5.82 Å². The van der Waals surface area contributed by atoms with Crippen LogP contribution in [0.3, 0.4) is 0 Å². The number of nitrogens with zero attached hydrogens (tertiary/aromatic N) is 1. The predicted octanol–water partition coefficient (Wildman–Crippen LogP) is 3.65. The normalized spacial score (nSPS) is 16.2. The zero-order valence-electron chi connectivity index (χ0n) is 13.0. The van der Waals surface area contributed by atoms with Gasteiger partial charge in [0, 0.05) is 19.6 Å². The summed E-state index contributed by atoms with van der Waals surface area (Å²) < 4.78 is 18.4. The van der Waals surface area contributed by atoms with Crippen LogP contribution in [-0.4, -0.2) is 30.1 Å². The van der Waals surface area contributed by atoms with Crippen molar-refractivity contribution in [3.05, 3.63) is 71.5 Å². The second kappa shape index (κ2) is 7.38. The van der Waals surface area contributed by atoms with Gasteiger partial charge in [0.25, 0.3) is 0 Å². The third-order valence-corrected chi connectivity index (χ3v) is 4.14. The average molecular weight is 313 g/mol. The molecule has 1 heterocycles. The third kappa shape index (κ3) is 4.39. The highest BCUT2D eigenvalue weighted by Crippen LogP contribution is 2.18. The summed E-state index contributed by atoms with van der Waals surface area (Å²) in [5.41, 5.74) is 1.70. The van der Waals surface area contributed by atoms with Gasteiger partial charge in [-0.25, -0.2) is 9.18 Å². The summed E-state index contributed by atoms with van der Waals surface area (Å²) in [5, 5.41) is 0. The number of carbonyl (C=O) groups is 1. The van der Waals surface area contributed by atoms with Gasteiger partial charge in [0.15, 0.2) is 0 Å². The Labute approximate surface area is 135 Å². The van der Waals surface area contributed by atoms with E-state index in [4.69, 9.17) is 4.74 Å². The molecule has 120 valence electrons. The van der Waals surface area contributed by atoms with E-state index in [1.807, 2.05) is 18.2 Å². The van der Waals surface area contributed by atoms with Crippen molar-refractivity contribution in [2.24, 2.45) is 0 Å². The Morgan fingerprint density at radius 2 is 1.70 bits per heavy atom. The summed E-state index contributed by atoms with van der Waals surface area (Å²) in [7, 11) is 0. The van der Waals surface area contributed by atoms with Crippen molar-refractivity contribution in [2.75, 3.05) is 13.1 Å². The van der Waals surface area contributed by atoms with Gasteiger partial charge < -0.3 is 4.74 Å². The Kier molecular flexibility index (Phi) is 5.03. The number of likely N-dealkylation sites (tertiary alicyclic amines) is 1. The molecule has 3 nitrogen and oxygen atoms in total. The molecule has 0 atom stereocenters. The first kappa shape index (κ1) is 15.7. The molecule has 0 aromatic heterocycles. The van der Waals surface area contributed by atoms with Crippen LogP contribution in [0.4, 0.5) is 4.39 Å². The van der Waals surface area contributed by atoms with Gasteiger partial charge in [-0.3, -0.25) is 4.90 Å². The fourth-order valence-corrected chi connectivity index (χ4v) is 2.83. The average Bonchev–Trinajstić information content (AvgIpc) is 2.58. The van der Waals surface area contributed by atoms with Gasteiger partial charge in [0.1, 0.15) is 11.9 Å². The number of piperidine rings is 1. The number of benzene rings is 2. The molecule has 2 aromatic rings. The first-order valence-electron chi connectivity index (χ1n) is 7.93. The predicted molar refractivity (Wildman–Crippen MR) is 86.6 cm³/mol. The van der Waals surface area contributed by atoms with E-state index in [9.17, 15) is 9.18 Å². The minimum absolute atomic E-state index is 0.0559. The molecular weight excluding hydrogens is 293 g/mol. The van der Waals surface area contributed by atoms with Crippen molar-refractivity contribution in [3.63, 3.8) is 0 Å². The van der Waals surface area contributed by atoms with Crippen molar-refractivity contribution >= 4 is 5.97 Å². The van der Waals surface area contributed by atoms with Crippen molar-refractivity contribution in [1.82, 2.24) is 4.90 Å². The number of hydrogen-bond acceptors (Lipinski definition) is 3. The minimum atomic E-state index is -0.369. The summed E-state index contributed by atoms with van der Waals surface area (Å²) in [6, 6.07) is 15.8. The van der Waals surface area contributed by atoms with Gasteiger partial charge in [-0.15, -0.1) is 0 Å². The van der Waals surface area contributed by atoms with Crippen LogP contribution in [0.5, 0.6) is 0 Å². The highest BCUT2D eigenvalue weighted by atomic mass is 19.1. The summed E-state index contributed by atoms with van der Waals surface area (Å²) in [4.78, 5) is 14.4. The Bertz CT molecular complexity index is 634. The van der Waals surface area contributed by atoms with Gasteiger partial charge in [-0.1, -0.05) is 30.3 Å². The summed E-state index contributed by atoms with van der Waals surface area (Å²) >= 11 is 0. The molecule has 0 bridgehead atoms. The summed E-state index contributed by atoms with van der Waals surface area (Å²) in [6.45, 7) is 2.76. The van der Waals surface area contributed by atoms with Crippen molar-refractivity contribution < 1.29 is 13.9 Å². The number of hydrogen-bond donors (Lipinski definition) is 0. The lowest BCUT2D eigenvalue weighted by Crippen LogP contribution is -2.37. The molecule has 1 aliphatic heterocycles. The molecule has 0 saturated carbocycles. The van der Waals surface area contributed by atoms with Gasteiger partial charge in [0.2, 0.25) is 0 Å². The maximum absolute atomic E-state index is 12.9. The summed E-state index contributed by atoms with van der Waals surface area (Å²) in [5.74, 6) is -0.720. The van der Waals surface area contributed by atoms with Crippen molar-refractivity contribution in [2.45, 2.75) is 25.5 Å². The first-order chi connectivity index (χ1) is 11.2. The summed E-state index contributed by atoms with van der Waals surface area (Å²) in [6.07, 6.45) is 1.61. The van der Waals surface area contributed by atoms with Gasteiger partial charge in [-0.2, -0.15) is 0 Å². The lowest BCUT2D eigenvalue weighted by atomic mass is 10.1. The monoisotopic (exact) mass is 313 g/mol. The molecule has 1 aliphatic rings. The van der Waals surface area contributed by atoms with E-state index in [1.54, 1.807) is 0 Å². The number of esters is 1. The van der Waals surface area contributed by atoms with Crippen molar-refractivity contribution in [1.29, 1.82) is 0 Å². The zero-order valence-corrected chi connectivity index (χ0v) is 13.0. The Morgan fingerprint density at radius 3 is 2.35 bits per heavy atom. The Hall–Kier alpha value is -2.20. The first-order valence-corrected chi connectivity index (χ1v) is 7.93. The molecule has 0 amide bonds. The molecule has 1 saturated heterocycles. The van der Waals surface area contributed by atoms with Crippen LogP contribution in [0.2, 0.25) is 0 Å². The maximum atomic E-state index is 12.9. The third-order valence-electron chi connectivity index (χ3n) is 4.14. The fourth-order valence-electron chi connectivity index (χ4n) is 2.83. The molecule has 0 aliphatic carbocycles. The fraction of sp³-hybridized carbons (Fsp3) is 0.316. The zero-order chi connectivity index (χ0) is 16.1. The second-order valence-corrected chi connectivity index (χ2v) is 5.87. The van der Waals surface area contributed by atoms with Gasteiger partial charge in [0.05, 0.1) is 5.56 Å². The highest BCUT2D eigenvalue weighted by Gasteiger charge is 2.22. The molecule has 0 radical (unpaired) electrons. The molecule has 2 aromatic carbocycles. The van der Waals surface area contributed by atoms with E-state index >= 15 is 0 Å². The molecule has 3 rings (SSSR count). The number of ether oxygens (including phenoxy) is 1. The number of carbonyl (C=O) groups excluding carboxylic acids is 1. The molecule has 1 fully saturated rings. The van der Waals surface area contributed by atoms with E-state index in [0.717, 1.165) is 32.5 Å². The number of rotatable bonds is 4. The minimum Gasteiger partial charge on any atom is -0.459 e. The molecule has 4 heteroatoms. The van der Waals surface area contributed by atoms with Crippen LogP contribution >= 0.6 is 0 Å². The van der Waals surface area contributed by atoms with Gasteiger partial charge >= 0.3 is 5.97 Å². The second-order valence-electron chi connectivity index (χ2n) is 5.87. The Balaban J connectivity index is 1.47. The van der Waals surface area contributed by atoms with E-state index in [1.165, 1.54) is 29.8 Å². The van der Waals surface area contributed by atoms with Crippen LogP contribution < -0.4 is 0 Å². The van der Waals surface area contributed by atoms with Crippen LogP contribution in [-0.2, 0) is 11.3 Å². The lowest BCUT2D eigenvalue weighted by Gasteiger charge is -2.31. The number of halogens is 1. The van der Waals surface area contributed by atoms with Gasteiger partial charge in [-0.05, 0) is 42.7 Å². The van der Waals surface area contributed by atoms with Crippen LogP contribution in [0.25, 0.3) is 0 Å². The molecule has 23 heavy (non-hydrogen) atoms. The lowest BCUT2D eigenvalue weighted by molar-refractivity contribution is 0.0104. The van der Waals surface area contributed by atoms with Crippen LogP contribution in [0.1, 0.15) is 28.8 Å². The SMILES string of the molecule is O=C(OC1CCN(Cc2ccccc2)CC1)c1ccc(F)cc1.